The molecular weight excluding hydrogens is 388 g/mol. The Hall–Kier alpha value is -1.93. The summed E-state index contributed by atoms with van der Waals surface area (Å²) in [6.45, 7) is 8.94. The van der Waals surface area contributed by atoms with Gasteiger partial charge in [0, 0.05) is 38.4 Å². The molecule has 8 heteroatoms. The van der Waals surface area contributed by atoms with Crippen LogP contribution >= 0.6 is 0 Å². The number of rotatable bonds is 5. The second-order valence-corrected chi connectivity index (χ2v) is 10.7. The summed E-state index contributed by atoms with van der Waals surface area (Å²) in [6.07, 6.45) is 3.24. The first-order valence-corrected chi connectivity index (χ1v) is 12.3. The molecule has 4 rings (SSSR count). The zero-order chi connectivity index (χ0) is 20.4. The summed E-state index contributed by atoms with van der Waals surface area (Å²) in [5, 5.41) is 0.949. The van der Waals surface area contributed by atoms with Crippen molar-refractivity contribution in [3.05, 3.63) is 24.5 Å². The maximum Gasteiger partial charge on any atom is 0.224 e. The third-order valence-electron chi connectivity index (χ3n) is 5.86. The first-order chi connectivity index (χ1) is 13.9. The van der Waals surface area contributed by atoms with Gasteiger partial charge in [0.15, 0.2) is 0 Å². The summed E-state index contributed by atoms with van der Waals surface area (Å²) in [5.41, 5.74) is 2.06. The smallest absolute Gasteiger partial charge is 0.224 e. The van der Waals surface area contributed by atoms with Gasteiger partial charge < -0.3 is 9.64 Å². The topological polar surface area (TPSA) is 75.6 Å². The summed E-state index contributed by atoms with van der Waals surface area (Å²) in [7, 11) is -2.78. The van der Waals surface area contributed by atoms with Crippen molar-refractivity contribution >= 4 is 26.4 Å². The molecule has 0 radical (unpaired) electrons. The Morgan fingerprint density at radius 1 is 1.10 bits per heavy atom. The first-order valence-electron chi connectivity index (χ1n) is 10.5. The van der Waals surface area contributed by atoms with Crippen molar-refractivity contribution in [1.29, 1.82) is 0 Å². The van der Waals surface area contributed by atoms with Crippen LogP contribution in [-0.2, 0) is 9.84 Å². The Bertz CT molecular complexity index is 942. The van der Waals surface area contributed by atoms with Crippen LogP contribution in [-0.4, -0.2) is 73.6 Å². The lowest BCUT2D eigenvalue weighted by atomic mass is 10.0. The lowest BCUT2D eigenvalue weighted by Crippen LogP contribution is -2.48. The third kappa shape index (κ3) is 4.98. The molecule has 2 fully saturated rings. The Morgan fingerprint density at radius 3 is 2.52 bits per heavy atom. The fourth-order valence-corrected chi connectivity index (χ4v) is 5.80. The fraction of sp³-hybridized carbons (Fsp3) is 0.619. The first kappa shape index (κ1) is 20.3. The summed E-state index contributed by atoms with van der Waals surface area (Å²) in [6, 6.07) is 6.29. The van der Waals surface area contributed by atoms with Gasteiger partial charge >= 0.3 is 0 Å². The van der Waals surface area contributed by atoms with Crippen LogP contribution in [0.5, 0.6) is 5.88 Å². The van der Waals surface area contributed by atoms with Gasteiger partial charge in [0.2, 0.25) is 5.88 Å². The number of fused-ring (bicyclic) bond motifs is 1. The highest BCUT2D eigenvalue weighted by molar-refractivity contribution is 7.91. The molecule has 29 heavy (non-hydrogen) atoms. The number of piperazine rings is 1. The number of benzene rings is 1. The molecule has 0 aliphatic carbocycles. The van der Waals surface area contributed by atoms with Crippen LogP contribution < -0.4 is 9.64 Å². The van der Waals surface area contributed by atoms with Gasteiger partial charge in [-0.2, -0.15) is 0 Å². The van der Waals surface area contributed by atoms with Gasteiger partial charge in [0.25, 0.3) is 0 Å². The van der Waals surface area contributed by atoms with Gasteiger partial charge in [0.1, 0.15) is 16.2 Å². The molecule has 0 bridgehead atoms. The van der Waals surface area contributed by atoms with Crippen molar-refractivity contribution in [3.8, 4) is 5.88 Å². The van der Waals surface area contributed by atoms with Crippen molar-refractivity contribution in [2.75, 3.05) is 49.1 Å². The molecule has 0 spiro atoms. The van der Waals surface area contributed by atoms with Gasteiger partial charge in [-0.05, 0) is 50.8 Å². The van der Waals surface area contributed by atoms with Gasteiger partial charge in [-0.25, -0.2) is 18.4 Å². The van der Waals surface area contributed by atoms with Crippen LogP contribution in [0, 0.1) is 5.92 Å². The average molecular weight is 419 g/mol. The monoisotopic (exact) mass is 418 g/mol. The normalized spacial score (nSPS) is 21.0. The summed E-state index contributed by atoms with van der Waals surface area (Å²) < 4.78 is 29.1. The number of anilines is 1. The third-order valence-corrected chi connectivity index (χ3v) is 7.57. The molecule has 3 heterocycles. The molecule has 2 aromatic rings. The minimum atomic E-state index is -2.78. The standard InChI is InChI=1S/C21H30N4O3S/c1-16(2)28-21-19-13-18(3-4-20(19)22-15-23-21)25-9-7-24(8-10-25)14-17-5-11-29(26,27)12-6-17/h3-4,13,15-17H,5-12,14H2,1-2H3. The summed E-state index contributed by atoms with van der Waals surface area (Å²) in [5.74, 6) is 1.87. The summed E-state index contributed by atoms with van der Waals surface area (Å²) in [4.78, 5) is 13.6. The molecule has 0 N–H and O–H groups in total. The Balaban J connectivity index is 1.39. The fourth-order valence-electron chi connectivity index (χ4n) is 4.21. The SMILES string of the molecule is CC(C)Oc1ncnc2ccc(N3CCN(CC4CCS(=O)(=O)CC4)CC3)cc12. The highest BCUT2D eigenvalue weighted by atomic mass is 32.2. The van der Waals surface area contributed by atoms with Crippen LogP contribution in [0.25, 0.3) is 10.9 Å². The lowest BCUT2D eigenvalue weighted by Gasteiger charge is -2.38. The lowest BCUT2D eigenvalue weighted by molar-refractivity contribution is 0.211. The van der Waals surface area contributed by atoms with Gasteiger partial charge in [-0.3, -0.25) is 4.90 Å². The van der Waals surface area contributed by atoms with E-state index in [4.69, 9.17) is 4.74 Å². The van der Waals surface area contributed by atoms with E-state index in [1.165, 1.54) is 5.69 Å². The van der Waals surface area contributed by atoms with E-state index < -0.39 is 9.84 Å². The predicted octanol–water partition coefficient (Wildman–Crippen LogP) is 2.36. The van der Waals surface area contributed by atoms with Crippen LogP contribution in [0.3, 0.4) is 0 Å². The van der Waals surface area contributed by atoms with Crippen LogP contribution in [0.1, 0.15) is 26.7 Å². The summed E-state index contributed by atoms with van der Waals surface area (Å²) >= 11 is 0. The van der Waals surface area contributed by atoms with Gasteiger partial charge in [-0.15, -0.1) is 0 Å². The van der Waals surface area contributed by atoms with Crippen molar-refractivity contribution in [2.45, 2.75) is 32.8 Å². The Labute approximate surface area is 173 Å². The van der Waals surface area contributed by atoms with E-state index in [2.05, 4.69) is 31.9 Å². The van der Waals surface area contributed by atoms with Crippen molar-refractivity contribution in [2.24, 2.45) is 5.92 Å². The van der Waals surface area contributed by atoms with Crippen molar-refractivity contribution in [1.82, 2.24) is 14.9 Å². The molecule has 0 atom stereocenters. The predicted molar refractivity (Wildman–Crippen MR) is 115 cm³/mol. The van der Waals surface area contributed by atoms with Crippen LogP contribution in [0.4, 0.5) is 5.69 Å². The molecule has 158 valence electrons. The minimum absolute atomic E-state index is 0.0649. The molecule has 2 aliphatic rings. The molecule has 1 aromatic heterocycles. The van der Waals surface area contributed by atoms with Gasteiger partial charge in [0.05, 0.1) is 28.5 Å². The van der Waals surface area contributed by atoms with Crippen LogP contribution in [0.15, 0.2) is 24.5 Å². The number of hydrogen-bond acceptors (Lipinski definition) is 7. The number of sulfone groups is 1. The molecule has 0 amide bonds. The van der Waals surface area contributed by atoms with E-state index in [1.54, 1.807) is 6.33 Å². The van der Waals surface area contributed by atoms with E-state index in [1.807, 2.05) is 19.9 Å². The number of hydrogen-bond donors (Lipinski definition) is 0. The highest BCUT2D eigenvalue weighted by Gasteiger charge is 2.26. The van der Waals surface area contributed by atoms with Crippen LogP contribution in [0.2, 0.25) is 0 Å². The second-order valence-electron chi connectivity index (χ2n) is 8.43. The molecule has 0 saturated carbocycles. The minimum Gasteiger partial charge on any atom is -0.474 e. The quantitative estimate of drug-likeness (QED) is 0.738. The zero-order valence-electron chi connectivity index (χ0n) is 17.2. The Kier molecular flexibility index (Phi) is 5.92. The molecular formula is C21H30N4O3S. The van der Waals surface area contributed by atoms with Gasteiger partial charge in [-0.1, -0.05) is 0 Å². The van der Waals surface area contributed by atoms with Crippen molar-refractivity contribution in [3.63, 3.8) is 0 Å². The number of aromatic nitrogens is 2. The average Bonchev–Trinajstić information content (AvgIpc) is 2.70. The highest BCUT2D eigenvalue weighted by Crippen LogP contribution is 2.28. The van der Waals surface area contributed by atoms with E-state index in [9.17, 15) is 8.42 Å². The molecule has 2 aliphatic heterocycles. The van der Waals surface area contributed by atoms with E-state index in [0.29, 0.717) is 23.3 Å². The molecule has 0 unspecified atom stereocenters. The number of nitrogens with zero attached hydrogens (tertiary/aromatic N) is 4. The van der Waals surface area contributed by atoms with E-state index in [0.717, 1.165) is 56.5 Å². The maximum absolute atomic E-state index is 11.6. The maximum atomic E-state index is 11.6. The second kappa shape index (κ2) is 8.44. The molecule has 1 aromatic carbocycles. The molecule has 2 saturated heterocycles. The zero-order valence-corrected chi connectivity index (χ0v) is 18.1. The largest absolute Gasteiger partial charge is 0.474 e. The Morgan fingerprint density at radius 2 is 1.83 bits per heavy atom. The van der Waals surface area contributed by atoms with E-state index >= 15 is 0 Å². The van der Waals surface area contributed by atoms with E-state index in [-0.39, 0.29) is 6.10 Å². The number of ether oxygens (including phenoxy) is 1. The molecule has 7 nitrogen and oxygen atoms in total. The van der Waals surface area contributed by atoms with Crippen molar-refractivity contribution < 1.29 is 13.2 Å².